The number of phenolic OH excluding ortho intramolecular Hbond substituents is 1. The van der Waals surface area contributed by atoms with Gasteiger partial charge in [-0.25, -0.2) is 0 Å². The average molecular weight is 174 g/mol. The van der Waals surface area contributed by atoms with Crippen LogP contribution in [0.15, 0.2) is 12.1 Å². The van der Waals surface area contributed by atoms with Crippen molar-refractivity contribution < 1.29 is 9.90 Å². The van der Waals surface area contributed by atoms with Crippen LogP contribution in [0, 0.1) is 25.7 Å². The lowest BCUT2D eigenvalue weighted by Gasteiger charge is -2.02. The van der Waals surface area contributed by atoms with E-state index in [2.05, 4.69) is 11.8 Å². The van der Waals surface area contributed by atoms with E-state index < -0.39 is 0 Å². The average Bonchev–Trinajstić information content (AvgIpc) is 2.10. The topological polar surface area (TPSA) is 37.3 Å². The fourth-order valence-corrected chi connectivity index (χ4v) is 1.14. The van der Waals surface area contributed by atoms with Gasteiger partial charge in [-0.2, -0.15) is 0 Å². The molecule has 0 heterocycles. The van der Waals surface area contributed by atoms with E-state index in [0.29, 0.717) is 6.29 Å². The Morgan fingerprint density at radius 3 is 2.31 bits per heavy atom. The maximum atomic E-state index is 9.99. The number of rotatable bonds is 0. The Hall–Kier alpha value is -1.75. The number of aryl methyl sites for hydroxylation is 2. The molecule has 0 unspecified atom stereocenters. The minimum absolute atomic E-state index is 0.289. The highest BCUT2D eigenvalue weighted by atomic mass is 16.3. The third kappa shape index (κ3) is 2.09. The van der Waals surface area contributed by atoms with Gasteiger partial charge in [-0.05, 0) is 43.0 Å². The SMILES string of the molecule is Cc1cc(C#CC=O)cc(C)c1O. The minimum atomic E-state index is 0.289. The second-order valence-electron chi connectivity index (χ2n) is 2.85. The van der Waals surface area contributed by atoms with Crippen LogP contribution in [0.25, 0.3) is 0 Å². The van der Waals surface area contributed by atoms with Crippen LogP contribution in [0.1, 0.15) is 16.7 Å². The van der Waals surface area contributed by atoms with E-state index in [-0.39, 0.29) is 5.75 Å². The number of carbonyl (C=O) groups excluding carboxylic acids is 1. The Bertz CT molecular complexity index is 371. The van der Waals surface area contributed by atoms with Gasteiger partial charge in [0, 0.05) is 5.56 Å². The maximum Gasteiger partial charge on any atom is 0.193 e. The number of benzene rings is 1. The lowest BCUT2D eigenvalue weighted by atomic mass is 10.1. The molecule has 13 heavy (non-hydrogen) atoms. The molecular formula is C11H10O2. The molecule has 0 aliphatic rings. The van der Waals surface area contributed by atoms with E-state index in [1.807, 2.05) is 0 Å². The second-order valence-corrected chi connectivity index (χ2v) is 2.85. The largest absolute Gasteiger partial charge is 0.507 e. The van der Waals surface area contributed by atoms with E-state index >= 15 is 0 Å². The highest BCUT2D eigenvalue weighted by molar-refractivity contribution is 5.74. The van der Waals surface area contributed by atoms with Gasteiger partial charge >= 0.3 is 0 Å². The standard InChI is InChI=1S/C11H10O2/c1-8-6-10(4-3-5-12)7-9(2)11(8)13/h5-7,13H,1-2H3. The molecule has 1 aromatic rings. The molecule has 0 radical (unpaired) electrons. The van der Waals surface area contributed by atoms with Crippen molar-refractivity contribution in [3.05, 3.63) is 28.8 Å². The summed E-state index contributed by atoms with van der Waals surface area (Å²) in [6.07, 6.45) is 0.553. The first kappa shape index (κ1) is 9.34. The van der Waals surface area contributed by atoms with Gasteiger partial charge < -0.3 is 5.11 Å². The van der Waals surface area contributed by atoms with E-state index in [1.54, 1.807) is 26.0 Å². The van der Waals surface area contributed by atoms with Crippen molar-refractivity contribution in [2.24, 2.45) is 0 Å². The number of aromatic hydroxyl groups is 1. The zero-order chi connectivity index (χ0) is 9.84. The smallest absolute Gasteiger partial charge is 0.193 e. The van der Waals surface area contributed by atoms with Gasteiger partial charge in [-0.15, -0.1) is 0 Å². The van der Waals surface area contributed by atoms with Crippen molar-refractivity contribution in [3.8, 4) is 17.6 Å². The lowest BCUT2D eigenvalue weighted by molar-refractivity contribution is -0.103. The maximum absolute atomic E-state index is 9.99. The van der Waals surface area contributed by atoms with Crippen molar-refractivity contribution in [2.45, 2.75) is 13.8 Å². The van der Waals surface area contributed by atoms with Gasteiger partial charge in [0.15, 0.2) is 6.29 Å². The Balaban J connectivity index is 3.20. The first-order chi connectivity index (χ1) is 6.15. The molecule has 2 nitrogen and oxygen atoms in total. The molecule has 0 fully saturated rings. The summed E-state index contributed by atoms with van der Waals surface area (Å²) >= 11 is 0. The Kier molecular flexibility index (Phi) is 2.71. The molecule has 66 valence electrons. The first-order valence-electron chi connectivity index (χ1n) is 3.90. The molecule has 0 aliphatic heterocycles. The third-order valence-electron chi connectivity index (χ3n) is 1.77. The molecule has 1 aromatic carbocycles. The summed E-state index contributed by atoms with van der Waals surface area (Å²) in [5.74, 6) is 5.29. The van der Waals surface area contributed by atoms with Gasteiger partial charge in [-0.3, -0.25) is 4.79 Å². The summed E-state index contributed by atoms with van der Waals surface area (Å²) in [4.78, 5) is 9.99. The zero-order valence-corrected chi connectivity index (χ0v) is 7.59. The van der Waals surface area contributed by atoms with Crippen molar-refractivity contribution in [3.63, 3.8) is 0 Å². The van der Waals surface area contributed by atoms with Crippen LogP contribution in [0.3, 0.4) is 0 Å². The molecule has 0 amide bonds. The molecule has 1 rings (SSSR count). The quantitative estimate of drug-likeness (QED) is 0.478. The van der Waals surface area contributed by atoms with E-state index in [9.17, 15) is 9.90 Å². The van der Waals surface area contributed by atoms with E-state index in [1.165, 1.54) is 0 Å². The molecule has 1 N–H and O–H groups in total. The fourth-order valence-electron chi connectivity index (χ4n) is 1.14. The highest BCUT2D eigenvalue weighted by Crippen LogP contribution is 2.22. The van der Waals surface area contributed by atoms with Gasteiger partial charge in [0.25, 0.3) is 0 Å². The summed E-state index contributed by atoms with van der Waals surface area (Å²) < 4.78 is 0. The van der Waals surface area contributed by atoms with Crippen LogP contribution < -0.4 is 0 Å². The molecule has 0 atom stereocenters. The Labute approximate surface area is 77.2 Å². The molecule has 0 saturated carbocycles. The molecular weight excluding hydrogens is 164 g/mol. The van der Waals surface area contributed by atoms with Crippen LogP contribution in [0.5, 0.6) is 5.75 Å². The number of phenols is 1. The molecule has 0 aliphatic carbocycles. The summed E-state index contributed by atoms with van der Waals surface area (Å²) in [5, 5.41) is 9.44. The number of aldehydes is 1. The van der Waals surface area contributed by atoms with Crippen molar-refractivity contribution in [1.29, 1.82) is 0 Å². The first-order valence-corrected chi connectivity index (χ1v) is 3.90. The molecule has 0 aromatic heterocycles. The third-order valence-corrected chi connectivity index (χ3v) is 1.77. The molecule has 0 bridgehead atoms. The monoisotopic (exact) mass is 174 g/mol. The van der Waals surface area contributed by atoms with Gasteiger partial charge in [-0.1, -0.05) is 5.92 Å². The Morgan fingerprint density at radius 1 is 1.31 bits per heavy atom. The second kappa shape index (κ2) is 3.77. The molecule has 2 heteroatoms. The van der Waals surface area contributed by atoms with Crippen molar-refractivity contribution in [2.75, 3.05) is 0 Å². The normalized spacial score (nSPS) is 8.77. The predicted molar refractivity (Wildman–Crippen MR) is 50.5 cm³/mol. The zero-order valence-electron chi connectivity index (χ0n) is 7.59. The Morgan fingerprint density at radius 2 is 1.85 bits per heavy atom. The molecule has 0 saturated heterocycles. The van der Waals surface area contributed by atoms with Gasteiger partial charge in [0.05, 0.1) is 0 Å². The fraction of sp³-hybridized carbons (Fsp3) is 0.182. The number of carbonyl (C=O) groups is 1. The van der Waals surface area contributed by atoms with Crippen molar-refractivity contribution in [1.82, 2.24) is 0 Å². The number of hydrogen-bond donors (Lipinski definition) is 1. The summed E-state index contributed by atoms with van der Waals surface area (Å²) in [5.41, 5.74) is 2.30. The van der Waals surface area contributed by atoms with E-state index in [0.717, 1.165) is 16.7 Å². The lowest BCUT2D eigenvalue weighted by Crippen LogP contribution is -1.83. The van der Waals surface area contributed by atoms with Gasteiger partial charge in [0.2, 0.25) is 0 Å². The van der Waals surface area contributed by atoms with Crippen LogP contribution >= 0.6 is 0 Å². The minimum Gasteiger partial charge on any atom is -0.507 e. The van der Waals surface area contributed by atoms with Gasteiger partial charge in [0.1, 0.15) is 5.75 Å². The highest BCUT2D eigenvalue weighted by Gasteiger charge is 2.00. The summed E-state index contributed by atoms with van der Waals surface area (Å²) in [6.45, 7) is 3.60. The van der Waals surface area contributed by atoms with Crippen LogP contribution in [0.4, 0.5) is 0 Å². The van der Waals surface area contributed by atoms with E-state index in [4.69, 9.17) is 0 Å². The van der Waals surface area contributed by atoms with Crippen LogP contribution in [0.2, 0.25) is 0 Å². The van der Waals surface area contributed by atoms with Crippen molar-refractivity contribution >= 4 is 6.29 Å². The summed E-state index contributed by atoms with van der Waals surface area (Å²) in [7, 11) is 0. The van der Waals surface area contributed by atoms with Crippen LogP contribution in [-0.4, -0.2) is 11.4 Å². The van der Waals surface area contributed by atoms with Crippen LogP contribution in [-0.2, 0) is 4.79 Å². The molecule has 0 spiro atoms. The number of hydrogen-bond acceptors (Lipinski definition) is 2. The summed E-state index contributed by atoms with van der Waals surface area (Å²) in [6, 6.07) is 3.50. The predicted octanol–water partition coefficient (Wildman–Crippen LogP) is 1.56.